The lowest BCUT2D eigenvalue weighted by Gasteiger charge is -2.32. The summed E-state index contributed by atoms with van der Waals surface area (Å²) in [5.74, 6) is 1.15. The molecule has 4 heteroatoms. The van der Waals surface area contributed by atoms with Gasteiger partial charge in [-0.15, -0.1) is 0 Å². The Morgan fingerprint density at radius 1 is 1.36 bits per heavy atom. The summed E-state index contributed by atoms with van der Waals surface area (Å²) in [6.45, 7) is 2.98. The Hall–Kier alpha value is -0.0900. The van der Waals surface area contributed by atoms with Gasteiger partial charge in [0.2, 0.25) is 0 Å². The van der Waals surface area contributed by atoms with E-state index in [1.54, 1.807) is 0 Å². The Morgan fingerprint density at radius 3 is 2.57 bits per heavy atom. The molecular formula is C10H19NO2S. The van der Waals surface area contributed by atoms with Crippen LogP contribution in [0.5, 0.6) is 0 Å². The molecule has 14 heavy (non-hydrogen) atoms. The predicted molar refractivity (Wildman–Crippen MR) is 57.0 cm³/mol. The summed E-state index contributed by atoms with van der Waals surface area (Å²) >= 11 is 0. The first-order valence-corrected chi connectivity index (χ1v) is 7.47. The molecule has 0 radical (unpaired) electrons. The molecule has 2 bridgehead atoms. The third kappa shape index (κ3) is 1.96. The molecule has 0 aromatic carbocycles. The summed E-state index contributed by atoms with van der Waals surface area (Å²) in [4.78, 5) is 2.40. The normalized spacial score (nSPS) is 38.0. The van der Waals surface area contributed by atoms with Crippen molar-refractivity contribution in [1.82, 2.24) is 4.90 Å². The van der Waals surface area contributed by atoms with Crippen molar-refractivity contribution in [2.75, 3.05) is 18.6 Å². The number of likely N-dealkylation sites (tertiary alicyclic amines) is 1. The lowest BCUT2D eigenvalue weighted by atomic mass is 10.0. The summed E-state index contributed by atoms with van der Waals surface area (Å²) in [7, 11) is -2.79. The zero-order valence-corrected chi connectivity index (χ0v) is 9.76. The molecule has 0 aromatic heterocycles. The van der Waals surface area contributed by atoms with Crippen LogP contribution in [0.4, 0.5) is 0 Å². The quantitative estimate of drug-likeness (QED) is 0.705. The van der Waals surface area contributed by atoms with Gasteiger partial charge in [-0.25, -0.2) is 8.42 Å². The molecule has 1 saturated heterocycles. The van der Waals surface area contributed by atoms with Gasteiger partial charge in [-0.2, -0.15) is 0 Å². The van der Waals surface area contributed by atoms with Gasteiger partial charge in [-0.3, -0.25) is 4.90 Å². The second kappa shape index (κ2) is 3.49. The molecule has 1 saturated carbocycles. The van der Waals surface area contributed by atoms with Gasteiger partial charge < -0.3 is 0 Å². The molecule has 2 aliphatic rings. The van der Waals surface area contributed by atoms with Gasteiger partial charge >= 0.3 is 0 Å². The standard InChI is InChI=1S/C10H19NO2S/c1-8-9-3-4-10(7-9)11(8)5-6-14(2,12)13/h8-10H,3-7H2,1-2H3. The maximum absolute atomic E-state index is 11.1. The number of nitrogens with zero attached hydrogens (tertiary/aromatic N) is 1. The Bertz CT molecular complexity index is 310. The van der Waals surface area contributed by atoms with Crippen molar-refractivity contribution >= 4 is 9.84 Å². The molecule has 3 atom stereocenters. The highest BCUT2D eigenvalue weighted by atomic mass is 32.2. The number of hydrogen-bond acceptors (Lipinski definition) is 3. The summed E-state index contributed by atoms with van der Waals surface area (Å²) < 4.78 is 22.1. The van der Waals surface area contributed by atoms with Crippen LogP contribution in [0.25, 0.3) is 0 Å². The van der Waals surface area contributed by atoms with Gasteiger partial charge in [0, 0.05) is 24.9 Å². The van der Waals surface area contributed by atoms with E-state index >= 15 is 0 Å². The average molecular weight is 217 g/mol. The summed E-state index contributed by atoms with van der Waals surface area (Å²) in [6, 6.07) is 1.28. The molecule has 3 nitrogen and oxygen atoms in total. The summed E-state index contributed by atoms with van der Waals surface area (Å²) in [5, 5.41) is 0. The van der Waals surface area contributed by atoms with E-state index in [1.807, 2.05) is 0 Å². The van der Waals surface area contributed by atoms with Crippen LogP contribution < -0.4 is 0 Å². The monoisotopic (exact) mass is 217 g/mol. The zero-order chi connectivity index (χ0) is 10.3. The maximum Gasteiger partial charge on any atom is 0.148 e. The maximum atomic E-state index is 11.1. The van der Waals surface area contributed by atoms with E-state index in [1.165, 1.54) is 25.5 Å². The van der Waals surface area contributed by atoms with Gasteiger partial charge in [0.25, 0.3) is 0 Å². The van der Waals surface area contributed by atoms with Crippen LogP contribution in [0.3, 0.4) is 0 Å². The van der Waals surface area contributed by atoms with Gasteiger partial charge in [-0.1, -0.05) is 0 Å². The topological polar surface area (TPSA) is 37.4 Å². The van der Waals surface area contributed by atoms with E-state index in [4.69, 9.17) is 0 Å². The molecule has 0 aromatic rings. The molecule has 0 N–H and O–H groups in total. The fraction of sp³-hybridized carbons (Fsp3) is 1.00. The number of hydrogen-bond donors (Lipinski definition) is 0. The highest BCUT2D eigenvalue weighted by Gasteiger charge is 2.42. The predicted octanol–water partition coefficient (Wildman–Crippen LogP) is 0.904. The smallest absolute Gasteiger partial charge is 0.148 e. The molecule has 1 aliphatic carbocycles. The fourth-order valence-corrected chi connectivity index (χ4v) is 3.53. The van der Waals surface area contributed by atoms with Crippen LogP contribution in [-0.2, 0) is 9.84 Å². The minimum Gasteiger partial charge on any atom is -0.296 e. The first-order chi connectivity index (χ1) is 6.47. The van der Waals surface area contributed by atoms with E-state index in [-0.39, 0.29) is 0 Å². The lowest BCUT2D eigenvalue weighted by Crippen LogP contribution is -2.41. The van der Waals surface area contributed by atoms with E-state index in [0.717, 1.165) is 12.5 Å². The van der Waals surface area contributed by atoms with Crippen molar-refractivity contribution in [3.05, 3.63) is 0 Å². The summed E-state index contributed by atoms with van der Waals surface area (Å²) in [5.41, 5.74) is 0. The largest absolute Gasteiger partial charge is 0.296 e. The zero-order valence-electron chi connectivity index (χ0n) is 8.94. The Balaban J connectivity index is 1.93. The molecule has 1 heterocycles. The van der Waals surface area contributed by atoms with Crippen LogP contribution in [0.15, 0.2) is 0 Å². The number of fused-ring (bicyclic) bond motifs is 2. The van der Waals surface area contributed by atoms with E-state index in [9.17, 15) is 8.42 Å². The van der Waals surface area contributed by atoms with Crippen molar-refractivity contribution in [3.8, 4) is 0 Å². The van der Waals surface area contributed by atoms with E-state index in [2.05, 4.69) is 11.8 Å². The molecule has 3 unspecified atom stereocenters. The molecular weight excluding hydrogens is 198 g/mol. The third-order valence-electron chi connectivity index (χ3n) is 3.84. The van der Waals surface area contributed by atoms with Gasteiger partial charge in [0.05, 0.1) is 5.75 Å². The van der Waals surface area contributed by atoms with Crippen LogP contribution in [0, 0.1) is 5.92 Å². The number of piperidine rings is 1. The van der Waals surface area contributed by atoms with E-state index in [0.29, 0.717) is 17.8 Å². The SMILES string of the molecule is CC1C2CCC(C2)N1CCS(C)(=O)=O. The first-order valence-electron chi connectivity index (χ1n) is 5.41. The van der Waals surface area contributed by atoms with Crippen LogP contribution >= 0.6 is 0 Å². The van der Waals surface area contributed by atoms with E-state index < -0.39 is 9.84 Å². The molecule has 82 valence electrons. The highest BCUT2D eigenvalue weighted by molar-refractivity contribution is 7.90. The van der Waals surface area contributed by atoms with Crippen molar-refractivity contribution in [2.45, 2.75) is 38.3 Å². The van der Waals surface area contributed by atoms with Crippen molar-refractivity contribution in [1.29, 1.82) is 0 Å². The highest BCUT2D eigenvalue weighted by Crippen LogP contribution is 2.41. The van der Waals surface area contributed by atoms with Crippen LogP contribution in [0.1, 0.15) is 26.2 Å². The minimum atomic E-state index is -2.79. The number of sulfone groups is 1. The Labute approximate surface area is 86.4 Å². The Kier molecular flexibility index (Phi) is 2.60. The second-order valence-corrected chi connectivity index (χ2v) is 7.10. The van der Waals surface area contributed by atoms with Crippen LogP contribution in [-0.4, -0.2) is 44.0 Å². The molecule has 2 fully saturated rings. The second-order valence-electron chi connectivity index (χ2n) is 4.84. The third-order valence-corrected chi connectivity index (χ3v) is 4.76. The van der Waals surface area contributed by atoms with Crippen molar-refractivity contribution in [2.24, 2.45) is 5.92 Å². The molecule has 2 rings (SSSR count). The molecule has 0 spiro atoms. The van der Waals surface area contributed by atoms with Gasteiger partial charge in [0.15, 0.2) is 0 Å². The van der Waals surface area contributed by atoms with Crippen LogP contribution in [0.2, 0.25) is 0 Å². The van der Waals surface area contributed by atoms with Crippen molar-refractivity contribution < 1.29 is 8.42 Å². The Morgan fingerprint density at radius 2 is 2.07 bits per heavy atom. The molecule has 0 amide bonds. The van der Waals surface area contributed by atoms with Gasteiger partial charge in [0.1, 0.15) is 9.84 Å². The lowest BCUT2D eigenvalue weighted by molar-refractivity contribution is 0.160. The summed E-state index contributed by atoms with van der Waals surface area (Å²) in [6.07, 6.45) is 5.25. The average Bonchev–Trinajstić information content (AvgIpc) is 2.60. The minimum absolute atomic E-state index is 0.320. The number of rotatable bonds is 3. The van der Waals surface area contributed by atoms with Gasteiger partial charge in [-0.05, 0) is 32.1 Å². The first kappa shape index (κ1) is 10.4. The van der Waals surface area contributed by atoms with Crippen molar-refractivity contribution in [3.63, 3.8) is 0 Å². The molecule has 1 aliphatic heterocycles. The fourth-order valence-electron chi connectivity index (χ4n) is 2.99.